The van der Waals surface area contributed by atoms with E-state index in [-0.39, 0.29) is 0 Å². The van der Waals surface area contributed by atoms with Gasteiger partial charge in [0.1, 0.15) is 11.2 Å². The Kier molecular flexibility index (Phi) is 2.38. The number of fused-ring (bicyclic) bond motifs is 5. The topological polar surface area (TPSA) is 13.1 Å². The van der Waals surface area contributed by atoms with Gasteiger partial charge in [-0.15, -0.1) is 0 Å². The van der Waals surface area contributed by atoms with E-state index < -0.39 is 0 Å². The van der Waals surface area contributed by atoms with Gasteiger partial charge in [-0.1, -0.05) is 51.8 Å². The number of hydrogen-bond donors (Lipinski definition) is 0. The van der Waals surface area contributed by atoms with Crippen molar-refractivity contribution in [1.82, 2.24) is 0 Å². The van der Waals surface area contributed by atoms with Crippen molar-refractivity contribution in [2.75, 3.05) is 0 Å². The van der Waals surface area contributed by atoms with Gasteiger partial charge in [-0.05, 0) is 24.3 Å². The highest BCUT2D eigenvalue weighted by Gasteiger charge is 2.12. The molecule has 3 aromatic carbocycles. The molecule has 0 saturated carbocycles. The van der Waals surface area contributed by atoms with Crippen molar-refractivity contribution in [3.63, 3.8) is 0 Å². The summed E-state index contributed by atoms with van der Waals surface area (Å²) in [7, 11) is 0. The van der Waals surface area contributed by atoms with Crippen LogP contribution in [0.15, 0.2) is 57.4 Å². The standard InChI is InChI=1S/C16H8BrClO/c17-9-5-6-10-12(7-9)16-13(8-14(10)18)11-3-1-2-4-15(11)19-16/h1-8H. The number of halogens is 2. The van der Waals surface area contributed by atoms with Crippen LogP contribution in [-0.4, -0.2) is 0 Å². The van der Waals surface area contributed by atoms with Gasteiger partial charge in [-0.2, -0.15) is 0 Å². The highest BCUT2D eigenvalue weighted by atomic mass is 79.9. The lowest BCUT2D eigenvalue weighted by Crippen LogP contribution is -1.76. The normalized spacial score (nSPS) is 11.7. The summed E-state index contributed by atoms with van der Waals surface area (Å²) in [6.45, 7) is 0. The summed E-state index contributed by atoms with van der Waals surface area (Å²) >= 11 is 9.89. The minimum atomic E-state index is 0.751. The third-order valence-corrected chi connectivity index (χ3v) is 4.19. The van der Waals surface area contributed by atoms with Crippen molar-refractivity contribution >= 4 is 60.2 Å². The third kappa shape index (κ3) is 1.60. The molecule has 1 heterocycles. The van der Waals surface area contributed by atoms with Crippen molar-refractivity contribution < 1.29 is 4.42 Å². The van der Waals surface area contributed by atoms with Gasteiger partial charge in [0.15, 0.2) is 0 Å². The second kappa shape index (κ2) is 3.99. The predicted molar refractivity (Wildman–Crippen MR) is 83.9 cm³/mol. The van der Waals surface area contributed by atoms with Gasteiger partial charge in [0.05, 0.1) is 0 Å². The van der Waals surface area contributed by atoms with E-state index in [0.29, 0.717) is 0 Å². The molecule has 0 unspecified atom stereocenters. The van der Waals surface area contributed by atoms with Crippen LogP contribution in [0.4, 0.5) is 0 Å². The van der Waals surface area contributed by atoms with Gasteiger partial charge < -0.3 is 4.42 Å². The first-order valence-corrected chi connectivity index (χ1v) is 7.10. The quantitative estimate of drug-likeness (QED) is 0.376. The molecular weight excluding hydrogens is 324 g/mol. The average Bonchev–Trinajstić information content (AvgIpc) is 2.78. The summed E-state index contributed by atoms with van der Waals surface area (Å²) in [6, 6.07) is 16.1. The molecule has 4 rings (SSSR count). The first kappa shape index (κ1) is 11.3. The molecular formula is C16H8BrClO. The number of furan rings is 1. The molecule has 3 heteroatoms. The molecule has 1 nitrogen and oxygen atoms in total. The number of benzene rings is 3. The van der Waals surface area contributed by atoms with E-state index in [1.807, 2.05) is 42.5 Å². The van der Waals surface area contributed by atoms with Crippen LogP contribution in [0.25, 0.3) is 32.7 Å². The lowest BCUT2D eigenvalue weighted by atomic mass is 10.1. The monoisotopic (exact) mass is 330 g/mol. The molecule has 0 aliphatic carbocycles. The first-order valence-electron chi connectivity index (χ1n) is 5.93. The molecule has 0 amide bonds. The van der Waals surface area contributed by atoms with E-state index in [2.05, 4.69) is 22.0 Å². The van der Waals surface area contributed by atoms with E-state index in [9.17, 15) is 0 Å². The lowest BCUT2D eigenvalue weighted by Gasteiger charge is -2.02. The zero-order valence-corrected chi connectivity index (χ0v) is 12.1. The van der Waals surface area contributed by atoms with Crippen molar-refractivity contribution in [3.05, 3.63) is 58.0 Å². The van der Waals surface area contributed by atoms with Gasteiger partial charge >= 0.3 is 0 Å². The molecule has 0 aliphatic rings. The minimum absolute atomic E-state index is 0.751. The molecule has 19 heavy (non-hydrogen) atoms. The molecule has 0 N–H and O–H groups in total. The fourth-order valence-corrected chi connectivity index (χ4v) is 3.16. The van der Waals surface area contributed by atoms with Crippen LogP contribution in [-0.2, 0) is 0 Å². The number of rotatable bonds is 0. The van der Waals surface area contributed by atoms with Crippen molar-refractivity contribution in [2.24, 2.45) is 0 Å². The predicted octanol–water partition coefficient (Wildman–Crippen LogP) is 6.16. The number of hydrogen-bond acceptors (Lipinski definition) is 1. The zero-order chi connectivity index (χ0) is 13.0. The van der Waals surface area contributed by atoms with Gasteiger partial charge in [0.2, 0.25) is 0 Å². The van der Waals surface area contributed by atoms with E-state index in [0.717, 1.165) is 42.2 Å². The Bertz CT molecular complexity index is 940. The Labute approximate surface area is 122 Å². The van der Waals surface area contributed by atoms with Gasteiger partial charge in [-0.25, -0.2) is 0 Å². The second-order valence-corrected chi connectivity index (χ2v) is 5.85. The highest BCUT2D eigenvalue weighted by Crippen LogP contribution is 2.38. The molecule has 0 saturated heterocycles. The maximum Gasteiger partial charge on any atom is 0.143 e. The largest absolute Gasteiger partial charge is 0.455 e. The van der Waals surface area contributed by atoms with Crippen LogP contribution in [0.2, 0.25) is 5.02 Å². The third-order valence-electron chi connectivity index (χ3n) is 3.39. The Balaban J connectivity index is 2.34. The van der Waals surface area contributed by atoms with Crippen molar-refractivity contribution in [2.45, 2.75) is 0 Å². The van der Waals surface area contributed by atoms with E-state index >= 15 is 0 Å². The summed E-state index contributed by atoms with van der Waals surface area (Å²) in [5.74, 6) is 0. The molecule has 4 aromatic rings. The average molecular weight is 332 g/mol. The van der Waals surface area contributed by atoms with Crippen LogP contribution in [0.1, 0.15) is 0 Å². The first-order chi connectivity index (χ1) is 9.24. The number of para-hydroxylation sites is 1. The molecule has 92 valence electrons. The fourth-order valence-electron chi connectivity index (χ4n) is 2.53. The molecule has 1 aromatic heterocycles. The lowest BCUT2D eigenvalue weighted by molar-refractivity contribution is 0.672. The maximum absolute atomic E-state index is 6.39. The molecule has 0 bridgehead atoms. The molecule has 0 atom stereocenters. The highest BCUT2D eigenvalue weighted by molar-refractivity contribution is 9.10. The molecule has 0 fully saturated rings. The Hall–Kier alpha value is -1.51. The fraction of sp³-hybridized carbons (Fsp3) is 0. The SMILES string of the molecule is Clc1cc2c3ccccc3oc2c2cc(Br)ccc12. The van der Waals surface area contributed by atoms with Gasteiger partial charge in [-0.3, -0.25) is 0 Å². The zero-order valence-electron chi connectivity index (χ0n) is 9.78. The van der Waals surface area contributed by atoms with E-state index in [1.54, 1.807) is 0 Å². The van der Waals surface area contributed by atoms with Gasteiger partial charge in [0.25, 0.3) is 0 Å². The summed E-state index contributed by atoms with van der Waals surface area (Å²) in [6.07, 6.45) is 0. The summed E-state index contributed by atoms with van der Waals surface area (Å²) < 4.78 is 7.01. The van der Waals surface area contributed by atoms with Crippen LogP contribution in [0.3, 0.4) is 0 Å². The Morgan fingerprint density at radius 1 is 0.842 bits per heavy atom. The van der Waals surface area contributed by atoms with E-state index in [1.165, 1.54) is 0 Å². The van der Waals surface area contributed by atoms with Crippen LogP contribution < -0.4 is 0 Å². The van der Waals surface area contributed by atoms with Crippen molar-refractivity contribution in [1.29, 1.82) is 0 Å². The summed E-state index contributed by atoms with van der Waals surface area (Å²) in [4.78, 5) is 0. The second-order valence-electron chi connectivity index (χ2n) is 4.52. The van der Waals surface area contributed by atoms with Crippen LogP contribution in [0.5, 0.6) is 0 Å². The maximum atomic E-state index is 6.39. The van der Waals surface area contributed by atoms with Crippen LogP contribution in [0, 0.1) is 0 Å². The molecule has 0 aliphatic heterocycles. The van der Waals surface area contributed by atoms with Crippen molar-refractivity contribution in [3.8, 4) is 0 Å². The van der Waals surface area contributed by atoms with Gasteiger partial charge in [0, 0.05) is 31.0 Å². The van der Waals surface area contributed by atoms with E-state index in [4.69, 9.17) is 16.0 Å². The molecule has 0 spiro atoms. The minimum Gasteiger partial charge on any atom is -0.455 e. The Morgan fingerprint density at radius 3 is 2.53 bits per heavy atom. The van der Waals surface area contributed by atoms with Crippen LogP contribution >= 0.6 is 27.5 Å². The summed E-state index contributed by atoms with van der Waals surface area (Å²) in [5, 5.41) is 4.96. The summed E-state index contributed by atoms with van der Waals surface area (Å²) in [5.41, 5.74) is 1.78. The Morgan fingerprint density at radius 2 is 1.63 bits per heavy atom. The molecule has 0 radical (unpaired) electrons. The smallest absolute Gasteiger partial charge is 0.143 e.